The number of nitrogen functional groups attached to an aromatic ring is 1. The highest BCUT2D eigenvalue weighted by atomic mass is 19.4. The van der Waals surface area contributed by atoms with Crippen LogP contribution in [0.3, 0.4) is 0 Å². The number of rotatable bonds is 11. The number of ether oxygens (including phenoxy) is 1. The van der Waals surface area contributed by atoms with Crippen molar-refractivity contribution < 1.29 is 22.7 Å². The first-order valence-corrected chi connectivity index (χ1v) is 12.3. The van der Waals surface area contributed by atoms with Crippen LogP contribution in [0, 0.1) is 5.92 Å². The first kappa shape index (κ1) is 25.7. The molecule has 0 radical (unpaired) electrons. The summed E-state index contributed by atoms with van der Waals surface area (Å²) < 4.78 is 44.8. The molecule has 33 heavy (non-hydrogen) atoms. The topological polar surface area (TPSA) is 67.6 Å². The summed E-state index contributed by atoms with van der Waals surface area (Å²) in [7, 11) is 1.98. The zero-order chi connectivity index (χ0) is 23.9. The maximum Gasteiger partial charge on any atom is 0.418 e. The molecule has 0 unspecified atom stereocenters. The van der Waals surface area contributed by atoms with E-state index in [-0.39, 0.29) is 17.4 Å². The van der Waals surface area contributed by atoms with Crippen molar-refractivity contribution in [3.8, 4) is 0 Å². The molecule has 1 aromatic rings. The molecule has 5 nitrogen and oxygen atoms in total. The van der Waals surface area contributed by atoms with Crippen molar-refractivity contribution in [2.75, 3.05) is 32.4 Å². The second kappa shape index (κ2) is 11.4. The van der Waals surface area contributed by atoms with E-state index in [2.05, 4.69) is 10.2 Å². The van der Waals surface area contributed by atoms with Crippen LogP contribution < -0.4 is 11.1 Å². The van der Waals surface area contributed by atoms with Crippen LogP contribution in [0.1, 0.15) is 75.3 Å². The summed E-state index contributed by atoms with van der Waals surface area (Å²) >= 11 is 0. The molecule has 0 heterocycles. The van der Waals surface area contributed by atoms with E-state index in [0.29, 0.717) is 25.1 Å². The number of amides is 1. The van der Waals surface area contributed by atoms with Crippen LogP contribution in [0.4, 0.5) is 23.7 Å². The molecule has 3 aliphatic rings. The molecular formula is C25H38F3N3O2. The van der Waals surface area contributed by atoms with Gasteiger partial charge in [-0.3, -0.25) is 0 Å². The number of halogens is 3. The molecule has 0 aromatic heterocycles. The molecule has 3 fully saturated rings. The van der Waals surface area contributed by atoms with Gasteiger partial charge in [0.2, 0.25) is 0 Å². The lowest BCUT2D eigenvalue weighted by Gasteiger charge is -2.45. The quantitative estimate of drug-likeness (QED) is 0.319. The number of alkyl carbamates (subject to hydrolysis) is 1. The highest BCUT2D eigenvalue weighted by Gasteiger charge is 2.43. The molecule has 1 aromatic carbocycles. The number of hydrogen-bond donors (Lipinski definition) is 2. The Hall–Kier alpha value is -1.96. The second-order valence-electron chi connectivity index (χ2n) is 9.87. The van der Waals surface area contributed by atoms with Crippen LogP contribution in [-0.2, 0) is 17.3 Å². The van der Waals surface area contributed by atoms with E-state index < -0.39 is 11.7 Å². The summed E-state index contributed by atoms with van der Waals surface area (Å²) in [6.07, 6.45) is 6.47. The van der Waals surface area contributed by atoms with Gasteiger partial charge in [-0.15, -0.1) is 0 Å². The molecule has 0 atom stereocenters. The highest BCUT2D eigenvalue weighted by molar-refractivity contribution is 5.67. The summed E-state index contributed by atoms with van der Waals surface area (Å²) in [5.41, 5.74) is 4.90. The normalized spacial score (nSPS) is 22.5. The third kappa shape index (κ3) is 7.80. The molecular weight excluding hydrogens is 431 g/mol. The molecule has 3 saturated carbocycles. The fourth-order valence-electron chi connectivity index (χ4n) is 5.08. The average molecular weight is 470 g/mol. The van der Waals surface area contributed by atoms with Gasteiger partial charge in [-0.2, -0.15) is 13.2 Å². The van der Waals surface area contributed by atoms with Crippen molar-refractivity contribution in [3.05, 3.63) is 29.3 Å². The fraction of sp³-hybridized carbons (Fsp3) is 0.720. The number of benzene rings is 1. The summed E-state index contributed by atoms with van der Waals surface area (Å²) in [4.78, 5) is 14.3. The van der Waals surface area contributed by atoms with Gasteiger partial charge in [-0.05, 0) is 95.0 Å². The minimum Gasteiger partial charge on any atom is -0.443 e. The van der Waals surface area contributed by atoms with Gasteiger partial charge in [0.25, 0.3) is 0 Å². The monoisotopic (exact) mass is 469 g/mol. The molecule has 8 heteroatoms. The number of fused-ring (bicyclic) bond motifs is 3. The first-order chi connectivity index (χ1) is 15.7. The van der Waals surface area contributed by atoms with E-state index in [1.54, 1.807) is 6.07 Å². The Morgan fingerprint density at radius 2 is 1.79 bits per heavy atom. The number of likely N-dealkylation sites (N-methyl/N-ethyl adjacent to an activating group) is 1. The van der Waals surface area contributed by atoms with Crippen molar-refractivity contribution in [1.82, 2.24) is 10.2 Å². The molecule has 0 spiro atoms. The highest BCUT2D eigenvalue weighted by Crippen LogP contribution is 2.46. The van der Waals surface area contributed by atoms with Crippen molar-refractivity contribution in [2.24, 2.45) is 5.92 Å². The van der Waals surface area contributed by atoms with Crippen molar-refractivity contribution in [1.29, 1.82) is 0 Å². The summed E-state index contributed by atoms with van der Waals surface area (Å²) in [5.74, 6) is 0.845. The van der Waals surface area contributed by atoms with Crippen LogP contribution in [-0.4, -0.2) is 43.3 Å². The largest absolute Gasteiger partial charge is 0.443 e. The molecule has 1 amide bonds. The zero-order valence-electron chi connectivity index (χ0n) is 19.7. The first-order valence-electron chi connectivity index (χ1n) is 12.3. The molecule has 4 rings (SSSR count). The molecule has 0 saturated heterocycles. The van der Waals surface area contributed by atoms with Gasteiger partial charge in [0.1, 0.15) is 5.60 Å². The van der Waals surface area contributed by atoms with Crippen LogP contribution in [0.2, 0.25) is 0 Å². The second-order valence-corrected chi connectivity index (χ2v) is 9.87. The van der Waals surface area contributed by atoms with E-state index in [1.807, 2.05) is 7.05 Å². The Kier molecular flexibility index (Phi) is 8.90. The maximum absolute atomic E-state index is 13.0. The Balaban J connectivity index is 1.22. The maximum atomic E-state index is 13.0. The number of alkyl halides is 3. The number of nitrogens with one attached hydrogen (secondary N) is 1. The number of nitrogens with zero attached hydrogens (tertiary/aromatic N) is 1. The van der Waals surface area contributed by atoms with E-state index in [0.717, 1.165) is 63.5 Å². The third-order valence-corrected chi connectivity index (χ3v) is 7.28. The number of unbranched alkanes of at least 4 members (excludes halogenated alkanes) is 3. The number of hydrogen-bond acceptors (Lipinski definition) is 4. The predicted octanol–water partition coefficient (Wildman–Crippen LogP) is 5.77. The molecule has 186 valence electrons. The van der Waals surface area contributed by atoms with Crippen molar-refractivity contribution >= 4 is 11.8 Å². The predicted molar refractivity (Wildman–Crippen MR) is 124 cm³/mol. The molecule has 2 bridgehead atoms. The van der Waals surface area contributed by atoms with E-state index in [1.165, 1.54) is 25.3 Å². The minimum atomic E-state index is -4.42. The fourth-order valence-corrected chi connectivity index (χ4v) is 5.08. The van der Waals surface area contributed by atoms with E-state index in [4.69, 9.17) is 10.5 Å². The van der Waals surface area contributed by atoms with Gasteiger partial charge < -0.3 is 20.7 Å². The average Bonchev–Trinajstić information content (AvgIpc) is 2.78. The molecule has 3 aliphatic carbocycles. The van der Waals surface area contributed by atoms with Crippen molar-refractivity contribution in [2.45, 2.75) is 82.4 Å². The lowest BCUT2D eigenvalue weighted by atomic mass is 9.68. The standard InChI is InChI=1S/C25H38F3N3O2/c1-31(17-11-20-6-7-22(29)21(18-20)25(26,27)28)16-5-3-2-4-15-30-23(32)33-24-12-8-19(9-13-24)10-14-24/h6-7,18-19H,2-5,8-17,29H2,1H3,(H,30,32). The van der Waals surface area contributed by atoms with Crippen LogP contribution in [0.5, 0.6) is 0 Å². The summed E-state index contributed by atoms with van der Waals surface area (Å²) in [6, 6.07) is 4.15. The summed E-state index contributed by atoms with van der Waals surface area (Å²) in [6.45, 7) is 2.21. The lowest BCUT2D eigenvalue weighted by Crippen LogP contribution is -2.46. The van der Waals surface area contributed by atoms with Crippen LogP contribution >= 0.6 is 0 Å². The Bertz CT molecular complexity index is 763. The SMILES string of the molecule is CN(CCCCCCNC(=O)OC12CCC(CC1)CC2)CCc1ccc(N)c(C(F)(F)F)c1. The van der Waals surface area contributed by atoms with Gasteiger partial charge in [-0.1, -0.05) is 18.9 Å². The van der Waals surface area contributed by atoms with Gasteiger partial charge in [0.05, 0.1) is 5.56 Å². The third-order valence-electron chi connectivity index (χ3n) is 7.28. The number of nitrogens with two attached hydrogens (primary N) is 1. The van der Waals surface area contributed by atoms with Crippen molar-refractivity contribution in [3.63, 3.8) is 0 Å². The Morgan fingerprint density at radius 1 is 1.12 bits per heavy atom. The Labute approximate surface area is 195 Å². The number of carbonyl (C=O) groups is 1. The van der Waals surface area contributed by atoms with Gasteiger partial charge in [-0.25, -0.2) is 4.79 Å². The number of carbonyl (C=O) groups excluding carboxylic acids is 1. The van der Waals surface area contributed by atoms with Gasteiger partial charge in [0, 0.05) is 18.8 Å². The van der Waals surface area contributed by atoms with E-state index >= 15 is 0 Å². The lowest BCUT2D eigenvalue weighted by molar-refractivity contribution is -0.137. The Morgan fingerprint density at radius 3 is 2.45 bits per heavy atom. The van der Waals surface area contributed by atoms with E-state index in [9.17, 15) is 18.0 Å². The molecule has 0 aliphatic heterocycles. The summed E-state index contributed by atoms with van der Waals surface area (Å²) in [5, 5.41) is 2.90. The molecule has 3 N–H and O–H groups in total. The van der Waals surface area contributed by atoms with Gasteiger partial charge in [0.15, 0.2) is 0 Å². The minimum absolute atomic E-state index is 0.204. The van der Waals surface area contributed by atoms with Gasteiger partial charge >= 0.3 is 12.3 Å². The number of anilines is 1. The van der Waals surface area contributed by atoms with Crippen LogP contribution in [0.15, 0.2) is 18.2 Å². The zero-order valence-corrected chi connectivity index (χ0v) is 19.7. The smallest absolute Gasteiger partial charge is 0.418 e. The van der Waals surface area contributed by atoms with Crippen LogP contribution in [0.25, 0.3) is 0 Å².